The second-order valence-corrected chi connectivity index (χ2v) is 7.44. The van der Waals surface area contributed by atoms with E-state index in [-0.39, 0.29) is 11.8 Å². The number of rotatable bonds is 6. The molecule has 1 heterocycles. The molecule has 2 fully saturated rings. The van der Waals surface area contributed by atoms with Gasteiger partial charge in [-0.2, -0.15) is 0 Å². The number of hydrogen-bond donors (Lipinski definition) is 0. The van der Waals surface area contributed by atoms with Gasteiger partial charge < -0.3 is 9.80 Å². The van der Waals surface area contributed by atoms with Crippen LogP contribution in [0.15, 0.2) is 30.3 Å². The van der Waals surface area contributed by atoms with E-state index < -0.39 is 5.41 Å². The highest BCUT2D eigenvalue weighted by atomic mass is 16.2. The molecule has 1 atom stereocenters. The highest BCUT2D eigenvalue weighted by Gasteiger charge is 2.59. The minimum atomic E-state index is -0.768. The molecular weight excluding hydrogens is 312 g/mol. The van der Waals surface area contributed by atoms with Crippen LogP contribution in [0.2, 0.25) is 0 Å². The van der Waals surface area contributed by atoms with Gasteiger partial charge in [0.25, 0.3) is 0 Å². The van der Waals surface area contributed by atoms with Crippen LogP contribution in [0.1, 0.15) is 57.9 Å². The minimum absolute atomic E-state index is 0.0317. The SMILES string of the molecule is CCC1CCCCN1C(=O)C1(C(=O)N(CC)Cc2ccccc2)CC1. The van der Waals surface area contributed by atoms with Gasteiger partial charge in [-0.05, 0) is 51.0 Å². The summed E-state index contributed by atoms with van der Waals surface area (Å²) in [5.41, 5.74) is 0.348. The fourth-order valence-corrected chi connectivity index (χ4v) is 4.05. The van der Waals surface area contributed by atoms with Crippen LogP contribution < -0.4 is 0 Å². The summed E-state index contributed by atoms with van der Waals surface area (Å²) in [5.74, 6) is 0.125. The average Bonchev–Trinajstić information content (AvgIpc) is 3.47. The van der Waals surface area contributed by atoms with Crippen molar-refractivity contribution >= 4 is 11.8 Å². The smallest absolute Gasteiger partial charge is 0.238 e. The maximum atomic E-state index is 13.2. The third-order valence-corrected chi connectivity index (χ3v) is 5.81. The van der Waals surface area contributed by atoms with E-state index >= 15 is 0 Å². The number of carbonyl (C=O) groups is 2. The number of nitrogens with zero attached hydrogens (tertiary/aromatic N) is 2. The monoisotopic (exact) mass is 342 g/mol. The molecule has 1 unspecified atom stereocenters. The zero-order valence-corrected chi connectivity index (χ0v) is 15.5. The summed E-state index contributed by atoms with van der Waals surface area (Å²) in [6, 6.07) is 10.4. The van der Waals surface area contributed by atoms with E-state index in [1.165, 1.54) is 6.42 Å². The zero-order chi connectivity index (χ0) is 17.9. The van der Waals surface area contributed by atoms with Crippen LogP contribution in [0.25, 0.3) is 0 Å². The van der Waals surface area contributed by atoms with Gasteiger partial charge in [-0.25, -0.2) is 0 Å². The summed E-state index contributed by atoms with van der Waals surface area (Å²) in [6.45, 7) is 6.18. The van der Waals surface area contributed by atoms with E-state index in [1.54, 1.807) is 0 Å². The predicted molar refractivity (Wildman–Crippen MR) is 98.8 cm³/mol. The summed E-state index contributed by atoms with van der Waals surface area (Å²) < 4.78 is 0. The predicted octanol–water partition coefficient (Wildman–Crippen LogP) is 3.61. The molecule has 136 valence electrons. The van der Waals surface area contributed by atoms with Gasteiger partial charge in [0.2, 0.25) is 11.8 Å². The van der Waals surface area contributed by atoms with Crippen molar-refractivity contribution in [2.75, 3.05) is 13.1 Å². The van der Waals surface area contributed by atoms with E-state index in [0.29, 0.717) is 32.0 Å². The Kier molecular flexibility index (Phi) is 5.45. The van der Waals surface area contributed by atoms with Gasteiger partial charge in [-0.3, -0.25) is 9.59 Å². The van der Waals surface area contributed by atoms with Crippen molar-refractivity contribution in [2.24, 2.45) is 5.41 Å². The molecule has 0 spiro atoms. The first-order chi connectivity index (χ1) is 12.1. The third kappa shape index (κ3) is 3.58. The van der Waals surface area contributed by atoms with Crippen LogP contribution in [-0.2, 0) is 16.1 Å². The lowest BCUT2D eigenvalue weighted by atomic mass is 9.95. The van der Waals surface area contributed by atoms with Crippen molar-refractivity contribution in [3.05, 3.63) is 35.9 Å². The van der Waals surface area contributed by atoms with Crippen LogP contribution in [0.4, 0.5) is 0 Å². The number of amides is 2. The van der Waals surface area contributed by atoms with Crippen molar-refractivity contribution in [3.8, 4) is 0 Å². The van der Waals surface area contributed by atoms with Crippen LogP contribution >= 0.6 is 0 Å². The number of benzene rings is 1. The Hall–Kier alpha value is -1.84. The van der Waals surface area contributed by atoms with Crippen LogP contribution in [0.5, 0.6) is 0 Å². The Morgan fingerprint density at radius 3 is 2.48 bits per heavy atom. The normalized spacial score (nSPS) is 21.7. The van der Waals surface area contributed by atoms with Crippen molar-refractivity contribution < 1.29 is 9.59 Å². The molecule has 0 aromatic heterocycles. The van der Waals surface area contributed by atoms with Crippen LogP contribution in [-0.4, -0.2) is 40.7 Å². The molecule has 1 saturated heterocycles. The second kappa shape index (κ2) is 7.59. The lowest BCUT2D eigenvalue weighted by molar-refractivity contribution is -0.152. The third-order valence-electron chi connectivity index (χ3n) is 5.81. The molecule has 1 aliphatic carbocycles. The number of hydrogen-bond acceptors (Lipinski definition) is 2. The topological polar surface area (TPSA) is 40.6 Å². The van der Waals surface area contributed by atoms with E-state index in [4.69, 9.17) is 0 Å². The first-order valence-electron chi connectivity index (χ1n) is 9.76. The molecule has 1 aliphatic heterocycles. The molecule has 0 radical (unpaired) electrons. The molecule has 25 heavy (non-hydrogen) atoms. The van der Waals surface area contributed by atoms with Crippen molar-refractivity contribution in [3.63, 3.8) is 0 Å². The van der Waals surface area contributed by atoms with Gasteiger partial charge in [0, 0.05) is 25.7 Å². The molecular formula is C21H30N2O2. The number of likely N-dealkylation sites (tertiary alicyclic amines) is 1. The first-order valence-corrected chi connectivity index (χ1v) is 9.76. The average molecular weight is 342 g/mol. The highest BCUT2D eigenvalue weighted by molar-refractivity contribution is 6.08. The van der Waals surface area contributed by atoms with Gasteiger partial charge in [-0.1, -0.05) is 37.3 Å². The largest absolute Gasteiger partial charge is 0.339 e. The fourth-order valence-electron chi connectivity index (χ4n) is 4.05. The molecule has 1 saturated carbocycles. The molecule has 0 bridgehead atoms. The molecule has 4 nitrogen and oxygen atoms in total. The van der Waals surface area contributed by atoms with Crippen LogP contribution in [0.3, 0.4) is 0 Å². The van der Waals surface area contributed by atoms with Crippen molar-refractivity contribution in [2.45, 2.75) is 65.0 Å². The number of piperidine rings is 1. The standard InChI is InChI=1S/C21H30N2O2/c1-3-18-12-8-9-15-23(18)20(25)21(13-14-21)19(24)22(4-2)16-17-10-6-5-7-11-17/h5-7,10-11,18H,3-4,8-9,12-16H2,1-2H3. The van der Waals surface area contributed by atoms with Gasteiger partial charge in [-0.15, -0.1) is 0 Å². The minimum Gasteiger partial charge on any atom is -0.339 e. The molecule has 1 aromatic carbocycles. The second-order valence-electron chi connectivity index (χ2n) is 7.44. The Balaban J connectivity index is 1.74. The number of carbonyl (C=O) groups excluding carboxylic acids is 2. The van der Waals surface area contributed by atoms with Gasteiger partial charge in [0.05, 0.1) is 0 Å². The maximum Gasteiger partial charge on any atom is 0.238 e. The van der Waals surface area contributed by atoms with E-state index in [0.717, 1.165) is 31.4 Å². The summed E-state index contributed by atoms with van der Waals surface area (Å²) in [4.78, 5) is 30.3. The van der Waals surface area contributed by atoms with E-state index in [1.807, 2.05) is 47.1 Å². The Labute approximate surface area is 151 Å². The van der Waals surface area contributed by atoms with E-state index in [2.05, 4.69) is 6.92 Å². The first kappa shape index (κ1) is 18.0. The Morgan fingerprint density at radius 1 is 1.16 bits per heavy atom. The summed E-state index contributed by atoms with van der Waals surface area (Å²) in [5, 5.41) is 0. The maximum absolute atomic E-state index is 13.2. The van der Waals surface area contributed by atoms with Gasteiger partial charge in [0.15, 0.2) is 0 Å². The summed E-state index contributed by atoms with van der Waals surface area (Å²) >= 11 is 0. The lowest BCUT2D eigenvalue weighted by Gasteiger charge is -2.38. The fraction of sp³-hybridized carbons (Fsp3) is 0.619. The van der Waals surface area contributed by atoms with Crippen molar-refractivity contribution in [1.82, 2.24) is 9.80 Å². The highest BCUT2D eigenvalue weighted by Crippen LogP contribution is 2.50. The molecule has 0 N–H and O–H groups in total. The quantitative estimate of drug-likeness (QED) is 0.741. The summed E-state index contributed by atoms with van der Waals surface area (Å²) in [7, 11) is 0. The molecule has 1 aromatic rings. The van der Waals surface area contributed by atoms with Crippen LogP contribution in [0, 0.1) is 5.41 Å². The molecule has 3 rings (SSSR count). The molecule has 4 heteroatoms. The molecule has 2 amide bonds. The van der Waals surface area contributed by atoms with E-state index in [9.17, 15) is 9.59 Å². The van der Waals surface area contributed by atoms with Crippen molar-refractivity contribution in [1.29, 1.82) is 0 Å². The molecule has 2 aliphatic rings. The zero-order valence-electron chi connectivity index (χ0n) is 15.5. The lowest BCUT2D eigenvalue weighted by Crippen LogP contribution is -2.51. The summed E-state index contributed by atoms with van der Waals surface area (Å²) in [6.07, 6.45) is 5.74. The Bertz CT molecular complexity index is 610. The van der Waals surface area contributed by atoms with Gasteiger partial charge in [0.1, 0.15) is 5.41 Å². The van der Waals surface area contributed by atoms with Gasteiger partial charge >= 0.3 is 0 Å². The Morgan fingerprint density at radius 2 is 1.88 bits per heavy atom.